The van der Waals surface area contributed by atoms with Crippen molar-refractivity contribution in [1.29, 1.82) is 5.26 Å². The molecule has 4 rings (SSSR count). The third-order valence-corrected chi connectivity index (χ3v) is 6.10. The van der Waals surface area contributed by atoms with Crippen molar-refractivity contribution in [2.75, 3.05) is 18.0 Å². The average Bonchev–Trinajstić information content (AvgIpc) is 3.02. The molecule has 29 heavy (non-hydrogen) atoms. The summed E-state index contributed by atoms with van der Waals surface area (Å²) in [5, 5.41) is 10.4. The Bertz CT molecular complexity index is 1090. The maximum absolute atomic E-state index is 9.23. The molecule has 1 fully saturated rings. The molecule has 1 aromatic carbocycles. The van der Waals surface area contributed by atoms with E-state index in [1.807, 2.05) is 6.92 Å². The van der Waals surface area contributed by atoms with Gasteiger partial charge < -0.3 is 9.47 Å². The summed E-state index contributed by atoms with van der Waals surface area (Å²) in [7, 11) is 1.04. The van der Waals surface area contributed by atoms with Crippen LogP contribution in [0.1, 0.15) is 35.4 Å². The minimum absolute atomic E-state index is 0.165. The zero-order valence-corrected chi connectivity index (χ0v) is 18.1. The predicted octanol–water partition coefficient (Wildman–Crippen LogP) is 3.50. The van der Waals surface area contributed by atoms with E-state index in [2.05, 4.69) is 61.5 Å². The number of nitrogens with zero attached hydrogens (tertiary/aromatic N) is 5. The number of hydrogen-bond donors (Lipinski definition) is 0. The Balaban J connectivity index is 1.88. The summed E-state index contributed by atoms with van der Waals surface area (Å²) in [4.78, 5) is 12.0. The van der Waals surface area contributed by atoms with Gasteiger partial charge in [0.25, 0.3) is 0 Å². The van der Waals surface area contributed by atoms with Crippen molar-refractivity contribution in [2.45, 2.75) is 47.4 Å². The quantitative estimate of drug-likeness (QED) is 0.648. The predicted molar refractivity (Wildman–Crippen MR) is 121 cm³/mol. The first-order valence-electron chi connectivity index (χ1n) is 10.5. The smallest absolute Gasteiger partial charge is 0.154 e. The van der Waals surface area contributed by atoms with Crippen molar-refractivity contribution in [3.05, 3.63) is 40.8 Å². The molecule has 5 nitrogen and oxygen atoms in total. The molecule has 0 saturated carbocycles. The van der Waals surface area contributed by atoms with E-state index in [0.29, 0.717) is 0 Å². The van der Waals surface area contributed by atoms with Crippen LogP contribution in [0.5, 0.6) is 0 Å². The molecule has 2 aromatic heterocycles. The van der Waals surface area contributed by atoms with Crippen LogP contribution in [0.2, 0.25) is 6.82 Å². The van der Waals surface area contributed by atoms with E-state index in [9.17, 15) is 5.26 Å². The molecule has 0 spiro atoms. The van der Waals surface area contributed by atoms with Gasteiger partial charge >= 0.3 is 0 Å². The third-order valence-electron chi connectivity index (χ3n) is 6.10. The Morgan fingerprint density at radius 1 is 1.03 bits per heavy atom. The highest BCUT2D eigenvalue weighted by molar-refractivity contribution is 6.52. The second kappa shape index (κ2) is 7.55. The molecule has 3 heterocycles. The molecule has 0 amide bonds. The molecule has 0 radical (unpaired) electrons. The molecule has 3 aromatic rings. The van der Waals surface area contributed by atoms with Gasteiger partial charge in [-0.15, -0.1) is 0 Å². The van der Waals surface area contributed by atoms with Crippen molar-refractivity contribution >= 4 is 29.6 Å². The van der Waals surface area contributed by atoms with Gasteiger partial charge in [0.2, 0.25) is 0 Å². The zero-order valence-electron chi connectivity index (χ0n) is 18.1. The maximum atomic E-state index is 9.23. The average molecular weight is 385 g/mol. The normalized spacial score (nSPS) is 15.0. The number of rotatable bonds is 3. The van der Waals surface area contributed by atoms with Gasteiger partial charge in [-0.3, -0.25) is 0 Å². The SMILES string of the molecule is CBc1cc(C)c(-n2cc(C)c3c(N4CCC(C#N)CC4)nc(C)nc32)c(C)c1. The van der Waals surface area contributed by atoms with Gasteiger partial charge in [0.05, 0.1) is 17.1 Å². The molecule has 0 atom stereocenters. The summed E-state index contributed by atoms with van der Waals surface area (Å²) in [5.74, 6) is 1.97. The summed E-state index contributed by atoms with van der Waals surface area (Å²) in [5.41, 5.74) is 7.28. The third kappa shape index (κ3) is 3.39. The van der Waals surface area contributed by atoms with Crippen molar-refractivity contribution in [2.24, 2.45) is 5.92 Å². The van der Waals surface area contributed by atoms with Crippen LogP contribution >= 0.6 is 0 Å². The maximum Gasteiger partial charge on any atom is 0.154 e. The van der Waals surface area contributed by atoms with Gasteiger partial charge in [0, 0.05) is 25.2 Å². The van der Waals surface area contributed by atoms with Crippen LogP contribution < -0.4 is 10.4 Å². The van der Waals surface area contributed by atoms with Crippen molar-refractivity contribution in [1.82, 2.24) is 14.5 Å². The Labute approximate surface area is 173 Å². The Morgan fingerprint density at radius 2 is 1.69 bits per heavy atom. The summed E-state index contributed by atoms with van der Waals surface area (Å²) < 4.78 is 2.25. The second-order valence-corrected chi connectivity index (χ2v) is 8.30. The number of hydrogen-bond acceptors (Lipinski definition) is 4. The van der Waals surface area contributed by atoms with Crippen LogP contribution in [0.3, 0.4) is 0 Å². The molecule has 6 heteroatoms. The fraction of sp³-hybridized carbons (Fsp3) is 0.435. The number of benzene rings is 1. The van der Waals surface area contributed by atoms with E-state index in [0.717, 1.165) is 55.9 Å². The Morgan fingerprint density at radius 3 is 2.28 bits per heavy atom. The fourth-order valence-corrected chi connectivity index (χ4v) is 4.64. The lowest BCUT2D eigenvalue weighted by Gasteiger charge is -2.30. The van der Waals surface area contributed by atoms with Gasteiger partial charge in [-0.1, -0.05) is 24.4 Å². The topological polar surface area (TPSA) is 57.7 Å². The van der Waals surface area contributed by atoms with Crippen molar-refractivity contribution in [3.63, 3.8) is 0 Å². The van der Waals surface area contributed by atoms with Gasteiger partial charge in [0.15, 0.2) is 12.9 Å². The monoisotopic (exact) mass is 385 g/mol. The lowest BCUT2D eigenvalue weighted by Crippen LogP contribution is -2.34. The second-order valence-electron chi connectivity index (χ2n) is 8.30. The van der Waals surface area contributed by atoms with Crippen LogP contribution in [-0.2, 0) is 0 Å². The lowest BCUT2D eigenvalue weighted by atomic mass is 9.72. The van der Waals surface area contributed by atoms with Crippen molar-refractivity contribution in [3.8, 4) is 11.8 Å². The fourth-order valence-electron chi connectivity index (χ4n) is 4.64. The highest BCUT2D eigenvalue weighted by Crippen LogP contribution is 2.34. The van der Waals surface area contributed by atoms with Crippen LogP contribution in [0.4, 0.5) is 5.82 Å². The van der Waals surface area contributed by atoms with Gasteiger partial charge in [-0.2, -0.15) is 5.26 Å². The molecule has 1 aliphatic heterocycles. The van der Waals surface area contributed by atoms with E-state index in [1.165, 1.54) is 27.8 Å². The first kappa shape index (κ1) is 19.5. The highest BCUT2D eigenvalue weighted by atomic mass is 15.2. The van der Waals surface area contributed by atoms with Crippen LogP contribution in [0.15, 0.2) is 18.3 Å². The standard InChI is InChI=1S/C23H28BN5/c1-14-10-19(24-5)11-15(2)21(14)29-13-16(3)20-22(26-17(4)27-23(20)29)28-8-6-18(12-25)7-9-28/h10-11,13,18,24H,6-9H2,1-5H3. The number of anilines is 1. The molecule has 1 aliphatic rings. The Kier molecular flexibility index (Phi) is 5.08. The molecule has 1 saturated heterocycles. The molecular formula is C23H28BN5. The lowest BCUT2D eigenvalue weighted by molar-refractivity contribution is 0.485. The van der Waals surface area contributed by atoms with Crippen LogP contribution in [-0.4, -0.2) is 34.9 Å². The number of nitriles is 1. The van der Waals surface area contributed by atoms with Crippen molar-refractivity contribution < 1.29 is 0 Å². The molecule has 148 valence electrons. The zero-order chi connectivity index (χ0) is 20.7. The van der Waals surface area contributed by atoms with E-state index < -0.39 is 0 Å². The summed E-state index contributed by atoms with van der Waals surface area (Å²) >= 11 is 0. The first-order valence-corrected chi connectivity index (χ1v) is 10.5. The minimum Gasteiger partial charge on any atom is -0.356 e. The number of fused-ring (bicyclic) bond motifs is 1. The summed E-state index contributed by atoms with van der Waals surface area (Å²) in [6.45, 7) is 12.4. The number of aromatic nitrogens is 3. The van der Waals surface area contributed by atoms with E-state index >= 15 is 0 Å². The van der Waals surface area contributed by atoms with E-state index in [-0.39, 0.29) is 5.92 Å². The molecule has 0 aliphatic carbocycles. The summed E-state index contributed by atoms with van der Waals surface area (Å²) in [6.07, 6.45) is 4.00. The number of piperidine rings is 1. The van der Waals surface area contributed by atoms with Gasteiger partial charge in [0.1, 0.15) is 11.6 Å². The largest absolute Gasteiger partial charge is 0.356 e. The van der Waals surface area contributed by atoms with E-state index in [4.69, 9.17) is 9.97 Å². The molecule has 0 unspecified atom stereocenters. The van der Waals surface area contributed by atoms with Gasteiger partial charge in [-0.25, -0.2) is 9.97 Å². The molecular weight excluding hydrogens is 357 g/mol. The van der Waals surface area contributed by atoms with E-state index in [1.54, 1.807) is 0 Å². The minimum atomic E-state index is 0.165. The molecule has 0 N–H and O–H groups in total. The number of aryl methyl sites for hydroxylation is 4. The first-order chi connectivity index (χ1) is 13.9. The highest BCUT2D eigenvalue weighted by Gasteiger charge is 2.24. The molecule has 0 bridgehead atoms. The van der Waals surface area contributed by atoms with Crippen LogP contribution in [0, 0.1) is 44.9 Å². The van der Waals surface area contributed by atoms with Crippen LogP contribution in [0.25, 0.3) is 16.7 Å². The summed E-state index contributed by atoms with van der Waals surface area (Å²) in [6, 6.07) is 6.99. The van der Waals surface area contributed by atoms with Gasteiger partial charge in [-0.05, 0) is 57.2 Å². The Hall–Kier alpha value is -2.81.